The van der Waals surface area contributed by atoms with Gasteiger partial charge in [-0.2, -0.15) is 0 Å². The maximum atomic E-state index is 9.67. The highest BCUT2D eigenvalue weighted by Gasteiger charge is 2.35. The topological polar surface area (TPSA) is 63.9 Å². The van der Waals surface area contributed by atoms with E-state index in [1.165, 1.54) is 0 Å². The van der Waals surface area contributed by atoms with Crippen LogP contribution < -0.4 is 0 Å². The zero-order valence-electron chi connectivity index (χ0n) is 8.93. The molecule has 3 atom stereocenters. The van der Waals surface area contributed by atoms with E-state index in [1.54, 1.807) is 0 Å². The molecular formula is C10H21NO3. The number of hydrogen-bond acceptors (Lipinski definition) is 4. The average Bonchev–Trinajstić information content (AvgIpc) is 2.11. The van der Waals surface area contributed by atoms with Gasteiger partial charge in [-0.15, -0.1) is 0 Å². The number of rotatable bonds is 3. The molecule has 0 bridgehead atoms. The molecule has 0 aromatic carbocycles. The van der Waals surface area contributed by atoms with Gasteiger partial charge in [-0.05, 0) is 12.3 Å². The van der Waals surface area contributed by atoms with E-state index in [9.17, 15) is 10.2 Å². The van der Waals surface area contributed by atoms with E-state index in [4.69, 9.17) is 5.11 Å². The van der Waals surface area contributed by atoms with Gasteiger partial charge in [-0.25, -0.2) is 0 Å². The van der Waals surface area contributed by atoms with Crippen molar-refractivity contribution >= 4 is 0 Å². The molecule has 14 heavy (non-hydrogen) atoms. The van der Waals surface area contributed by atoms with Crippen LogP contribution in [-0.2, 0) is 0 Å². The highest BCUT2D eigenvalue weighted by molar-refractivity contribution is 4.89. The van der Waals surface area contributed by atoms with E-state index >= 15 is 0 Å². The third-order valence-corrected chi connectivity index (χ3v) is 2.76. The summed E-state index contributed by atoms with van der Waals surface area (Å²) >= 11 is 0. The lowest BCUT2D eigenvalue weighted by molar-refractivity contribution is -0.0918. The van der Waals surface area contributed by atoms with E-state index in [2.05, 4.69) is 18.7 Å². The van der Waals surface area contributed by atoms with Crippen LogP contribution in [0.5, 0.6) is 0 Å². The van der Waals surface area contributed by atoms with Crippen LogP contribution >= 0.6 is 0 Å². The van der Waals surface area contributed by atoms with Crippen LogP contribution in [0, 0.1) is 5.92 Å². The van der Waals surface area contributed by atoms with Gasteiger partial charge in [-0.1, -0.05) is 13.8 Å². The van der Waals surface area contributed by atoms with Gasteiger partial charge in [0.25, 0.3) is 0 Å². The first-order chi connectivity index (χ1) is 6.56. The van der Waals surface area contributed by atoms with Crippen LogP contribution in [0.4, 0.5) is 0 Å². The molecule has 3 N–H and O–H groups in total. The van der Waals surface area contributed by atoms with Crippen LogP contribution in [0.25, 0.3) is 0 Å². The van der Waals surface area contributed by atoms with E-state index in [0.29, 0.717) is 12.3 Å². The number of aliphatic hydroxyl groups is 3. The largest absolute Gasteiger partial charge is 0.395 e. The van der Waals surface area contributed by atoms with Crippen molar-refractivity contribution in [3.05, 3.63) is 0 Å². The third-order valence-electron chi connectivity index (χ3n) is 2.76. The zero-order chi connectivity index (χ0) is 10.7. The Hall–Kier alpha value is -0.160. The fraction of sp³-hybridized carbons (Fsp3) is 1.00. The Bertz CT molecular complexity index is 175. The lowest BCUT2D eigenvalue weighted by Crippen LogP contribution is -2.57. The minimum Gasteiger partial charge on any atom is -0.395 e. The lowest BCUT2D eigenvalue weighted by atomic mass is 9.95. The first-order valence-electron chi connectivity index (χ1n) is 5.27. The van der Waals surface area contributed by atoms with Gasteiger partial charge in [0.15, 0.2) is 0 Å². The number of likely N-dealkylation sites (tertiary alicyclic amines) is 1. The monoisotopic (exact) mass is 203 g/mol. The molecule has 0 spiro atoms. The Balaban J connectivity index is 2.57. The Labute approximate surface area is 85.2 Å². The minimum atomic E-state index is -0.813. The molecule has 1 aliphatic rings. The standard InChI is InChI=1S/C10H21NO3/c1-7(2)5-11-4-3-9(13)10(14)8(11)6-12/h7-10,12-14H,3-6H2,1-2H3/t8-,9+,10-/m0/s1. The van der Waals surface area contributed by atoms with Crippen molar-refractivity contribution in [2.45, 2.75) is 38.5 Å². The fourth-order valence-electron chi connectivity index (χ4n) is 2.03. The highest BCUT2D eigenvalue weighted by Crippen LogP contribution is 2.19. The van der Waals surface area contributed by atoms with E-state index < -0.39 is 12.2 Å². The molecule has 1 saturated heterocycles. The van der Waals surface area contributed by atoms with Crippen molar-refractivity contribution in [1.29, 1.82) is 0 Å². The molecule has 0 saturated carbocycles. The molecule has 1 fully saturated rings. The van der Waals surface area contributed by atoms with Gasteiger partial charge in [-0.3, -0.25) is 4.90 Å². The SMILES string of the molecule is CC(C)CN1CC[C@@H](O)[C@@H](O)[C@@H]1CO. The number of hydrogen-bond donors (Lipinski definition) is 3. The van der Waals surface area contributed by atoms with Crippen LogP contribution in [0.15, 0.2) is 0 Å². The Morgan fingerprint density at radius 1 is 1.36 bits per heavy atom. The van der Waals surface area contributed by atoms with Crippen molar-refractivity contribution in [2.24, 2.45) is 5.92 Å². The second-order valence-corrected chi connectivity index (χ2v) is 4.49. The Morgan fingerprint density at radius 3 is 2.50 bits per heavy atom. The van der Waals surface area contributed by atoms with E-state index in [0.717, 1.165) is 13.1 Å². The first kappa shape index (κ1) is 11.9. The van der Waals surface area contributed by atoms with E-state index in [1.807, 2.05) is 0 Å². The average molecular weight is 203 g/mol. The molecule has 0 aromatic heterocycles. The van der Waals surface area contributed by atoms with Crippen LogP contribution in [0.3, 0.4) is 0 Å². The Kier molecular flexibility index (Phi) is 4.31. The molecule has 0 unspecified atom stereocenters. The molecule has 0 aliphatic carbocycles. The molecular weight excluding hydrogens is 182 g/mol. The van der Waals surface area contributed by atoms with Gasteiger partial charge in [0, 0.05) is 13.1 Å². The van der Waals surface area contributed by atoms with Crippen LogP contribution in [0.1, 0.15) is 20.3 Å². The predicted octanol–water partition coefficient (Wildman–Crippen LogP) is -0.569. The van der Waals surface area contributed by atoms with Gasteiger partial charge in [0.05, 0.1) is 24.9 Å². The van der Waals surface area contributed by atoms with Crippen molar-refractivity contribution < 1.29 is 15.3 Å². The van der Waals surface area contributed by atoms with Crippen molar-refractivity contribution in [3.8, 4) is 0 Å². The molecule has 0 amide bonds. The summed E-state index contributed by atoms with van der Waals surface area (Å²) < 4.78 is 0. The summed E-state index contributed by atoms with van der Waals surface area (Å²) in [5, 5.41) is 28.3. The van der Waals surface area contributed by atoms with Gasteiger partial charge < -0.3 is 15.3 Å². The Morgan fingerprint density at radius 2 is 2.00 bits per heavy atom. The maximum absolute atomic E-state index is 9.67. The quantitative estimate of drug-likeness (QED) is 0.575. The second kappa shape index (κ2) is 5.07. The minimum absolute atomic E-state index is 0.0923. The predicted molar refractivity (Wildman–Crippen MR) is 53.9 cm³/mol. The summed E-state index contributed by atoms with van der Waals surface area (Å²) in [4.78, 5) is 2.06. The third kappa shape index (κ3) is 2.67. The van der Waals surface area contributed by atoms with Gasteiger partial charge in [0.2, 0.25) is 0 Å². The number of piperidine rings is 1. The summed E-state index contributed by atoms with van der Waals surface area (Å²) in [7, 11) is 0. The van der Waals surface area contributed by atoms with Crippen molar-refractivity contribution in [1.82, 2.24) is 4.90 Å². The summed E-state index contributed by atoms with van der Waals surface area (Å²) in [6, 6.07) is -0.304. The zero-order valence-corrected chi connectivity index (χ0v) is 8.93. The maximum Gasteiger partial charge on any atom is 0.0976 e. The summed E-state index contributed by atoms with van der Waals surface area (Å²) in [5.41, 5.74) is 0. The molecule has 84 valence electrons. The molecule has 1 heterocycles. The van der Waals surface area contributed by atoms with Crippen molar-refractivity contribution in [3.63, 3.8) is 0 Å². The summed E-state index contributed by atoms with van der Waals surface area (Å²) in [6.45, 7) is 5.72. The lowest BCUT2D eigenvalue weighted by Gasteiger charge is -2.41. The smallest absolute Gasteiger partial charge is 0.0976 e. The fourth-order valence-corrected chi connectivity index (χ4v) is 2.03. The summed E-state index contributed by atoms with van der Waals surface area (Å²) in [6.07, 6.45) is -0.909. The molecule has 0 radical (unpaired) electrons. The second-order valence-electron chi connectivity index (χ2n) is 4.49. The first-order valence-corrected chi connectivity index (χ1v) is 5.27. The normalized spacial score (nSPS) is 35.1. The van der Waals surface area contributed by atoms with Crippen LogP contribution in [0.2, 0.25) is 0 Å². The molecule has 1 aliphatic heterocycles. The summed E-state index contributed by atoms with van der Waals surface area (Å²) in [5.74, 6) is 0.506. The number of aliphatic hydroxyl groups excluding tert-OH is 3. The molecule has 0 aromatic rings. The highest BCUT2D eigenvalue weighted by atomic mass is 16.3. The van der Waals surface area contributed by atoms with E-state index in [-0.39, 0.29) is 12.6 Å². The molecule has 4 heteroatoms. The van der Waals surface area contributed by atoms with Gasteiger partial charge >= 0.3 is 0 Å². The van der Waals surface area contributed by atoms with Gasteiger partial charge in [0.1, 0.15) is 0 Å². The van der Waals surface area contributed by atoms with Crippen molar-refractivity contribution in [2.75, 3.05) is 19.7 Å². The molecule has 4 nitrogen and oxygen atoms in total. The molecule has 1 rings (SSSR count). The number of nitrogens with zero attached hydrogens (tertiary/aromatic N) is 1. The van der Waals surface area contributed by atoms with Crippen LogP contribution in [-0.4, -0.2) is 58.2 Å².